The number of carbonyl (C=O) groups is 2. The second kappa shape index (κ2) is 5.90. The largest absolute Gasteiger partial charge is 0.481 e. The highest BCUT2D eigenvalue weighted by molar-refractivity contribution is 5.83. The van der Waals surface area contributed by atoms with Crippen molar-refractivity contribution >= 4 is 11.9 Å². The quantitative estimate of drug-likeness (QED) is 0.772. The first-order valence-electron chi connectivity index (χ1n) is 5.08. The third kappa shape index (κ3) is 3.38. The smallest absolute Gasteiger partial charge is 0.311 e. The van der Waals surface area contributed by atoms with Crippen LogP contribution < -0.4 is 0 Å². The van der Waals surface area contributed by atoms with Gasteiger partial charge in [-0.3, -0.25) is 9.59 Å². The predicted octanol–water partition coefficient (Wildman–Crippen LogP) is 1.81. The van der Waals surface area contributed by atoms with Gasteiger partial charge in [0.1, 0.15) is 0 Å². The molecule has 4 nitrogen and oxygen atoms in total. The minimum atomic E-state index is -1.01. The third-order valence-corrected chi connectivity index (χ3v) is 2.18. The third-order valence-electron chi connectivity index (χ3n) is 2.18. The second-order valence-electron chi connectivity index (χ2n) is 3.31. The van der Waals surface area contributed by atoms with Gasteiger partial charge in [0.25, 0.3) is 0 Å². The molecule has 0 aliphatic rings. The summed E-state index contributed by atoms with van der Waals surface area (Å²) in [6.45, 7) is 1.95. The molecular weight excluding hydrogens is 208 g/mol. The number of hydrogen-bond donors (Lipinski definition) is 1. The van der Waals surface area contributed by atoms with Gasteiger partial charge in [-0.1, -0.05) is 30.3 Å². The number of carboxylic acid groups (broad SMARTS) is 1. The lowest BCUT2D eigenvalue weighted by Gasteiger charge is -2.11. The van der Waals surface area contributed by atoms with E-state index in [9.17, 15) is 9.59 Å². The Balaban J connectivity index is 2.77. The van der Waals surface area contributed by atoms with E-state index >= 15 is 0 Å². The topological polar surface area (TPSA) is 63.6 Å². The average Bonchev–Trinajstić information content (AvgIpc) is 2.27. The molecule has 1 aromatic rings. The molecule has 0 spiro atoms. The number of ether oxygens (including phenoxy) is 1. The summed E-state index contributed by atoms with van der Waals surface area (Å²) < 4.78 is 4.74. The van der Waals surface area contributed by atoms with Gasteiger partial charge in [-0.05, 0) is 12.5 Å². The molecule has 0 saturated heterocycles. The Bertz CT molecular complexity index is 359. The molecule has 0 fully saturated rings. The van der Waals surface area contributed by atoms with Crippen LogP contribution in [0.4, 0.5) is 0 Å². The molecule has 1 rings (SSSR count). The van der Waals surface area contributed by atoms with Crippen molar-refractivity contribution in [1.29, 1.82) is 0 Å². The van der Waals surface area contributed by atoms with Crippen molar-refractivity contribution in [2.45, 2.75) is 19.3 Å². The van der Waals surface area contributed by atoms with Gasteiger partial charge in [0.05, 0.1) is 18.9 Å². The van der Waals surface area contributed by atoms with E-state index in [2.05, 4.69) is 0 Å². The van der Waals surface area contributed by atoms with Gasteiger partial charge in [-0.2, -0.15) is 0 Å². The second-order valence-corrected chi connectivity index (χ2v) is 3.31. The van der Waals surface area contributed by atoms with Crippen LogP contribution in [-0.4, -0.2) is 23.7 Å². The lowest BCUT2D eigenvalue weighted by Crippen LogP contribution is -2.17. The van der Waals surface area contributed by atoms with Gasteiger partial charge in [-0.25, -0.2) is 0 Å². The van der Waals surface area contributed by atoms with Crippen molar-refractivity contribution < 1.29 is 19.4 Å². The van der Waals surface area contributed by atoms with Crippen molar-refractivity contribution in [2.75, 3.05) is 6.61 Å². The normalized spacial score (nSPS) is 11.8. The highest BCUT2D eigenvalue weighted by atomic mass is 16.5. The zero-order chi connectivity index (χ0) is 12.0. The number of carboxylic acids is 1. The van der Waals surface area contributed by atoms with E-state index in [1.54, 1.807) is 37.3 Å². The lowest BCUT2D eigenvalue weighted by molar-refractivity contribution is -0.148. The Labute approximate surface area is 93.9 Å². The Morgan fingerprint density at radius 3 is 2.44 bits per heavy atom. The molecule has 1 N–H and O–H groups in total. The first-order chi connectivity index (χ1) is 7.65. The van der Waals surface area contributed by atoms with Gasteiger partial charge in [0.2, 0.25) is 0 Å². The van der Waals surface area contributed by atoms with Crippen LogP contribution in [0.5, 0.6) is 0 Å². The molecule has 0 heterocycles. The molecule has 1 unspecified atom stereocenters. The van der Waals surface area contributed by atoms with E-state index in [0.717, 1.165) is 0 Å². The number of benzene rings is 1. The summed E-state index contributed by atoms with van der Waals surface area (Å²) in [4.78, 5) is 22.3. The summed E-state index contributed by atoms with van der Waals surface area (Å²) in [5.74, 6) is -2.33. The fourth-order valence-corrected chi connectivity index (χ4v) is 1.42. The molecule has 0 bridgehead atoms. The molecule has 0 saturated carbocycles. The minimum absolute atomic E-state index is 0.132. The summed E-state index contributed by atoms with van der Waals surface area (Å²) in [6, 6.07) is 8.68. The first-order valence-corrected chi connectivity index (χ1v) is 5.08. The van der Waals surface area contributed by atoms with E-state index in [-0.39, 0.29) is 13.0 Å². The van der Waals surface area contributed by atoms with E-state index in [0.29, 0.717) is 5.56 Å². The van der Waals surface area contributed by atoms with Crippen molar-refractivity contribution in [2.24, 2.45) is 0 Å². The van der Waals surface area contributed by atoms with Crippen LogP contribution in [-0.2, 0) is 14.3 Å². The van der Waals surface area contributed by atoms with Crippen LogP contribution >= 0.6 is 0 Å². The monoisotopic (exact) mass is 222 g/mol. The number of esters is 1. The first kappa shape index (κ1) is 12.2. The van der Waals surface area contributed by atoms with E-state index < -0.39 is 17.9 Å². The maximum absolute atomic E-state index is 11.2. The van der Waals surface area contributed by atoms with E-state index in [1.807, 2.05) is 0 Å². The maximum atomic E-state index is 11.2. The van der Waals surface area contributed by atoms with Crippen molar-refractivity contribution in [1.82, 2.24) is 0 Å². The Morgan fingerprint density at radius 1 is 1.31 bits per heavy atom. The van der Waals surface area contributed by atoms with Crippen molar-refractivity contribution in [3.05, 3.63) is 35.9 Å². The molecular formula is C12H14O4. The van der Waals surface area contributed by atoms with E-state index in [4.69, 9.17) is 9.84 Å². The fraction of sp³-hybridized carbons (Fsp3) is 0.333. The van der Waals surface area contributed by atoms with Crippen LogP contribution in [0.2, 0.25) is 0 Å². The molecule has 0 aromatic heterocycles. The molecule has 1 atom stereocenters. The van der Waals surface area contributed by atoms with E-state index in [1.165, 1.54) is 0 Å². The Kier molecular flexibility index (Phi) is 4.51. The SMILES string of the molecule is CCOC(=O)CC(C(=O)O)c1ccccc1. The molecule has 86 valence electrons. The van der Waals surface area contributed by atoms with Gasteiger partial charge in [-0.15, -0.1) is 0 Å². The number of hydrogen-bond acceptors (Lipinski definition) is 3. The Morgan fingerprint density at radius 2 is 1.94 bits per heavy atom. The molecule has 0 amide bonds. The molecule has 1 aromatic carbocycles. The predicted molar refractivity (Wildman–Crippen MR) is 58.1 cm³/mol. The molecule has 0 aliphatic carbocycles. The van der Waals surface area contributed by atoms with Gasteiger partial charge in [0, 0.05) is 0 Å². The van der Waals surface area contributed by atoms with Crippen LogP contribution in [0, 0.1) is 0 Å². The van der Waals surface area contributed by atoms with Crippen LogP contribution in [0.1, 0.15) is 24.8 Å². The molecule has 16 heavy (non-hydrogen) atoms. The maximum Gasteiger partial charge on any atom is 0.311 e. The highest BCUT2D eigenvalue weighted by Gasteiger charge is 2.23. The summed E-state index contributed by atoms with van der Waals surface area (Å²) >= 11 is 0. The lowest BCUT2D eigenvalue weighted by atomic mass is 9.96. The van der Waals surface area contributed by atoms with Crippen LogP contribution in [0.25, 0.3) is 0 Å². The summed E-state index contributed by atoms with van der Waals surface area (Å²) in [5, 5.41) is 9.04. The summed E-state index contributed by atoms with van der Waals surface area (Å²) in [6.07, 6.45) is -0.132. The van der Waals surface area contributed by atoms with Crippen LogP contribution in [0.3, 0.4) is 0 Å². The minimum Gasteiger partial charge on any atom is -0.481 e. The number of aliphatic carboxylic acids is 1. The molecule has 0 aliphatic heterocycles. The van der Waals surface area contributed by atoms with Gasteiger partial charge < -0.3 is 9.84 Å². The molecule has 0 radical (unpaired) electrons. The summed E-state index contributed by atoms with van der Waals surface area (Å²) in [5.41, 5.74) is 0.614. The fourth-order valence-electron chi connectivity index (χ4n) is 1.42. The Hall–Kier alpha value is -1.84. The van der Waals surface area contributed by atoms with Crippen molar-refractivity contribution in [3.63, 3.8) is 0 Å². The average molecular weight is 222 g/mol. The standard InChI is InChI=1S/C12H14O4/c1-2-16-11(13)8-10(12(14)15)9-6-4-3-5-7-9/h3-7,10H,2,8H2,1H3,(H,14,15). The van der Waals surface area contributed by atoms with Gasteiger partial charge >= 0.3 is 11.9 Å². The van der Waals surface area contributed by atoms with Crippen LogP contribution in [0.15, 0.2) is 30.3 Å². The zero-order valence-corrected chi connectivity index (χ0v) is 9.05. The molecule has 4 heteroatoms. The number of rotatable bonds is 5. The van der Waals surface area contributed by atoms with Crippen molar-refractivity contribution in [3.8, 4) is 0 Å². The summed E-state index contributed by atoms with van der Waals surface area (Å²) in [7, 11) is 0. The number of carbonyl (C=O) groups excluding carboxylic acids is 1. The van der Waals surface area contributed by atoms with Gasteiger partial charge in [0.15, 0.2) is 0 Å². The highest BCUT2D eigenvalue weighted by Crippen LogP contribution is 2.20. The zero-order valence-electron chi connectivity index (χ0n) is 9.05.